The topological polar surface area (TPSA) is 54.5 Å². The number of nitrogens with zero attached hydrogens (tertiary/aromatic N) is 2. The van der Waals surface area contributed by atoms with Crippen LogP contribution >= 0.6 is 15.9 Å². The van der Waals surface area contributed by atoms with Gasteiger partial charge in [-0.2, -0.15) is 0 Å². The molecule has 0 spiro atoms. The van der Waals surface area contributed by atoms with E-state index in [1.54, 1.807) is 25.6 Å². The van der Waals surface area contributed by atoms with Gasteiger partial charge in [0.15, 0.2) is 0 Å². The third-order valence-corrected chi connectivity index (χ3v) is 3.98. The van der Waals surface area contributed by atoms with Gasteiger partial charge in [0, 0.05) is 23.4 Å². The lowest BCUT2D eigenvalue weighted by Gasteiger charge is -2.25. The molecule has 2 rings (SSSR count). The lowest BCUT2D eigenvalue weighted by atomic mass is 10.1. The van der Waals surface area contributed by atoms with Crippen LogP contribution in [0.5, 0.6) is 5.75 Å². The van der Waals surface area contributed by atoms with E-state index >= 15 is 0 Å². The first-order valence-corrected chi connectivity index (χ1v) is 7.99. The van der Waals surface area contributed by atoms with Gasteiger partial charge in [-0.3, -0.25) is 9.78 Å². The molecule has 0 radical (unpaired) electrons. The van der Waals surface area contributed by atoms with Gasteiger partial charge >= 0.3 is 0 Å². The molecule has 0 aliphatic heterocycles. The molecular weight excluding hydrogens is 358 g/mol. The monoisotopic (exact) mass is 377 g/mol. The van der Waals surface area contributed by atoms with Crippen LogP contribution in [0.4, 0.5) is 0 Å². The van der Waals surface area contributed by atoms with Crippen LogP contribution in [0.25, 0.3) is 0 Å². The number of likely N-dealkylation sites (N-methyl/N-ethyl adjacent to an activating group) is 1. The second kappa shape index (κ2) is 8.08. The Hall–Kier alpha value is -1.92. The molecule has 1 heterocycles. The number of carbonyl (C=O) groups excluding carboxylic acids is 1. The maximum Gasteiger partial charge on any atom is 0.252 e. The van der Waals surface area contributed by atoms with Crippen LogP contribution in [0.3, 0.4) is 0 Å². The van der Waals surface area contributed by atoms with Gasteiger partial charge in [0.05, 0.1) is 18.7 Å². The SMILES string of the molecule is COc1ccc(C(CNC(=O)c2cncc(Br)c2)N(C)C)cc1. The van der Waals surface area contributed by atoms with Crippen LogP contribution in [-0.2, 0) is 0 Å². The van der Waals surface area contributed by atoms with E-state index in [0.717, 1.165) is 15.8 Å². The molecule has 5 nitrogen and oxygen atoms in total. The van der Waals surface area contributed by atoms with Crippen molar-refractivity contribution >= 4 is 21.8 Å². The summed E-state index contributed by atoms with van der Waals surface area (Å²) >= 11 is 3.32. The molecule has 6 heteroatoms. The average Bonchev–Trinajstić information content (AvgIpc) is 2.55. The molecule has 1 aromatic carbocycles. The van der Waals surface area contributed by atoms with E-state index in [1.807, 2.05) is 38.4 Å². The molecule has 0 aliphatic carbocycles. The summed E-state index contributed by atoms with van der Waals surface area (Å²) in [6, 6.07) is 9.69. The number of ether oxygens (including phenoxy) is 1. The number of hydrogen-bond donors (Lipinski definition) is 1. The van der Waals surface area contributed by atoms with Gasteiger partial charge in [-0.15, -0.1) is 0 Å². The molecule has 23 heavy (non-hydrogen) atoms. The van der Waals surface area contributed by atoms with Gasteiger partial charge in [0.2, 0.25) is 0 Å². The van der Waals surface area contributed by atoms with Crippen molar-refractivity contribution in [3.8, 4) is 5.75 Å². The van der Waals surface area contributed by atoms with Crippen LogP contribution in [-0.4, -0.2) is 43.5 Å². The zero-order valence-corrected chi connectivity index (χ0v) is 15.0. The van der Waals surface area contributed by atoms with Crippen molar-refractivity contribution in [3.05, 3.63) is 58.3 Å². The van der Waals surface area contributed by atoms with Crippen LogP contribution in [0.2, 0.25) is 0 Å². The number of rotatable bonds is 6. The van der Waals surface area contributed by atoms with E-state index in [1.165, 1.54) is 0 Å². The van der Waals surface area contributed by atoms with Gasteiger partial charge in [-0.1, -0.05) is 12.1 Å². The Morgan fingerprint density at radius 1 is 1.30 bits per heavy atom. The highest BCUT2D eigenvalue weighted by Crippen LogP contribution is 2.21. The summed E-state index contributed by atoms with van der Waals surface area (Å²) in [6.07, 6.45) is 3.20. The minimum atomic E-state index is -0.140. The van der Waals surface area contributed by atoms with Crippen LogP contribution < -0.4 is 10.1 Å². The first kappa shape index (κ1) is 17.4. The van der Waals surface area contributed by atoms with Crippen LogP contribution in [0.1, 0.15) is 22.0 Å². The van der Waals surface area contributed by atoms with Crippen molar-refractivity contribution < 1.29 is 9.53 Å². The fourth-order valence-corrected chi connectivity index (χ4v) is 2.62. The number of amides is 1. The Morgan fingerprint density at radius 2 is 2.00 bits per heavy atom. The summed E-state index contributed by atoms with van der Waals surface area (Å²) in [5, 5.41) is 2.96. The first-order valence-electron chi connectivity index (χ1n) is 7.20. The zero-order chi connectivity index (χ0) is 16.8. The standard InChI is InChI=1S/C17H20BrN3O2/c1-21(2)16(12-4-6-15(23-3)7-5-12)11-20-17(22)13-8-14(18)10-19-9-13/h4-10,16H,11H2,1-3H3,(H,20,22). The number of benzene rings is 1. The summed E-state index contributed by atoms with van der Waals surface area (Å²) in [7, 11) is 5.62. The molecule has 0 saturated heterocycles. The van der Waals surface area contributed by atoms with E-state index in [9.17, 15) is 4.79 Å². The van der Waals surface area contributed by atoms with Crippen molar-refractivity contribution in [2.45, 2.75) is 6.04 Å². The number of methoxy groups -OCH3 is 1. The zero-order valence-electron chi connectivity index (χ0n) is 13.4. The number of halogens is 1. The van der Waals surface area contributed by atoms with Gasteiger partial charge < -0.3 is 15.0 Å². The summed E-state index contributed by atoms with van der Waals surface area (Å²) < 4.78 is 5.96. The average molecular weight is 378 g/mol. The Kier molecular flexibility index (Phi) is 6.12. The normalized spacial score (nSPS) is 12.0. The second-order valence-corrected chi connectivity index (χ2v) is 6.27. The Labute approximate surface area is 144 Å². The van der Waals surface area contributed by atoms with Crippen molar-refractivity contribution in [1.29, 1.82) is 0 Å². The molecule has 0 saturated carbocycles. The largest absolute Gasteiger partial charge is 0.497 e. The van der Waals surface area contributed by atoms with E-state index < -0.39 is 0 Å². The first-order chi connectivity index (χ1) is 11.0. The third-order valence-electron chi connectivity index (χ3n) is 3.55. The van der Waals surface area contributed by atoms with Crippen LogP contribution in [0.15, 0.2) is 47.2 Å². The summed E-state index contributed by atoms with van der Waals surface area (Å²) in [5.74, 6) is 0.676. The molecular formula is C17H20BrN3O2. The maximum atomic E-state index is 12.2. The molecule has 2 aromatic rings. The van der Waals surface area contributed by atoms with E-state index in [4.69, 9.17) is 4.74 Å². The molecule has 122 valence electrons. The molecule has 0 aliphatic rings. The van der Waals surface area contributed by atoms with E-state index in [-0.39, 0.29) is 11.9 Å². The summed E-state index contributed by atoms with van der Waals surface area (Å²) in [6.45, 7) is 0.505. The van der Waals surface area contributed by atoms with E-state index in [0.29, 0.717) is 12.1 Å². The Bertz CT molecular complexity index is 659. The fourth-order valence-electron chi connectivity index (χ4n) is 2.25. The number of aromatic nitrogens is 1. The minimum absolute atomic E-state index is 0.0740. The van der Waals surface area contributed by atoms with Crippen molar-refractivity contribution in [3.63, 3.8) is 0 Å². The Morgan fingerprint density at radius 3 is 2.57 bits per heavy atom. The molecule has 1 aromatic heterocycles. The number of pyridine rings is 1. The predicted octanol–water partition coefficient (Wildman–Crippen LogP) is 2.89. The van der Waals surface area contributed by atoms with Crippen molar-refractivity contribution in [2.24, 2.45) is 0 Å². The molecule has 1 N–H and O–H groups in total. The highest BCUT2D eigenvalue weighted by Gasteiger charge is 2.16. The second-order valence-electron chi connectivity index (χ2n) is 5.35. The fraction of sp³-hybridized carbons (Fsp3) is 0.294. The smallest absolute Gasteiger partial charge is 0.252 e. The number of carbonyl (C=O) groups is 1. The quantitative estimate of drug-likeness (QED) is 0.840. The molecule has 1 unspecified atom stereocenters. The highest BCUT2D eigenvalue weighted by molar-refractivity contribution is 9.10. The van der Waals surface area contributed by atoms with Crippen molar-refractivity contribution in [2.75, 3.05) is 27.7 Å². The number of hydrogen-bond acceptors (Lipinski definition) is 4. The maximum absolute atomic E-state index is 12.2. The van der Waals surface area contributed by atoms with Gasteiger partial charge in [0.25, 0.3) is 5.91 Å². The van der Waals surface area contributed by atoms with Gasteiger partial charge in [0.1, 0.15) is 5.75 Å². The molecule has 0 fully saturated rings. The summed E-state index contributed by atoms with van der Waals surface area (Å²) in [4.78, 5) is 18.3. The van der Waals surface area contributed by atoms with Gasteiger partial charge in [-0.25, -0.2) is 0 Å². The number of nitrogens with one attached hydrogen (secondary N) is 1. The lowest BCUT2D eigenvalue weighted by molar-refractivity contribution is 0.0941. The van der Waals surface area contributed by atoms with Crippen molar-refractivity contribution in [1.82, 2.24) is 15.2 Å². The molecule has 1 amide bonds. The minimum Gasteiger partial charge on any atom is -0.497 e. The summed E-state index contributed by atoms with van der Waals surface area (Å²) in [5.41, 5.74) is 1.65. The highest BCUT2D eigenvalue weighted by atomic mass is 79.9. The molecule has 0 bridgehead atoms. The van der Waals surface area contributed by atoms with Gasteiger partial charge in [-0.05, 0) is 53.8 Å². The van der Waals surface area contributed by atoms with E-state index in [2.05, 4.69) is 31.1 Å². The lowest BCUT2D eigenvalue weighted by Crippen LogP contribution is -2.34. The molecule has 1 atom stereocenters. The Balaban J connectivity index is 2.06. The predicted molar refractivity (Wildman–Crippen MR) is 93.7 cm³/mol. The van der Waals surface area contributed by atoms with Crippen LogP contribution in [0, 0.1) is 0 Å². The third kappa shape index (κ3) is 4.77.